The summed E-state index contributed by atoms with van der Waals surface area (Å²) in [5.41, 5.74) is 1.33. The van der Waals surface area contributed by atoms with E-state index in [0.29, 0.717) is 11.3 Å². The number of hydrogen-bond donors (Lipinski definition) is 2. The number of ether oxygens (including phenoxy) is 1. The van der Waals surface area contributed by atoms with Crippen LogP contribution in [0.3, 0.4) is 0 Å². The molecular formula is C18H17ClFNO3. The molecule has 126 valence electrons. The highest BCUT2D eigenvalue weighted by Crippen LogP contribution is 2.37. The Hall–Kier alpha value is -2.11. The van der Waals surface area contributed by atoms with Crippen molar-refractivity contribution in [3.05, 3.63) is 64.4 Å². The molecule has 1 amide bonds. The lowest BCUT2D eigenvalue weighted by Crippen LogP contribution is -2.40. The third kappa shape index (κ3) is 3.23. The van der Waals surface area contributed by atoms with Crippen LogP contribution in [0.25, 0.3) is 0 Å². The average Bonchev–Trinajstić information content (AvgIpc) is 2.92. The molecule has 24 heavy (non-hydrogen) atoms. The third-order valence-electron chi connectivity index (χ3n) is 4.17. The summed E-state index contributed by atoms with van der Waals surface area (Å²) >= 11 is 5.62. The Morgan fingerprint density at radius 3 is 2.83 bits per heavy atom. The highest BCUT2D eigenvalue weighted by Gasteiger charge is 2.36. The molecule has 0 fully saturated rings. The molecule has 0 bridgehead atoms. The van der Waals surface area contributed by atoms with Crippen molar-refractivity contribution in [2.45, 2.75) is 25.0 Å². The molecule has 2 aromatic carbocycles. The van der Waals surface area contributed by atoms with Crippen LogP contribution in [0.2, 0.25) is 5.02 Å². The quantitative estimate of drug-likeness (QED) is 0.891. The number of fused-ring (bicyclic) bond motifs is 1. The molecule has 0 aliphatic carbocycles. The Morgan fingerprint density at radius 1 is 1.38 bits per heavy atom. The number of aliphatic hydroxyl groups is 1. The highest BCUT2D eigenvalue weighted by molar-refractivity contribution is 6.30. The van der Waals surface area contributed by atoms with E-state index in [1.54, 1.807) is 0 Å². The van der Waals surface area contributed by atoms with E-state index in [1.165, 1.54) is 12.1 Å². The molecule has 0 saturated heterocycles. The molecule has 0 spiro atoms. The van der Waals surface area contributed by atoms with Crippen molar-refractivity contribution in [1.82, 2.24) is 5.32 Å². The van der Waals surface area contributed by atoms with Gasteiger partial charge in [-0.25, -0.2) is 4.39 Å². The van der Waals surface area contributed by atoms with Crippen LogP contribution in [0.1, 0.15) is 30.1 Å². The molecule has 6 heteroatoms. The van der Waals surface area contributed by atoms with Gasteiger partial charge in [0.2, 0.25) is 0 Å². The molecule has 3 unspecified atom stereocenters. The van der Waals surface area contributed by atoms with Gasteiger partial charge >= 0.3 is 0 Å². The first-order chi connectivity index (χ1) is 11.5. The summed E-state index contributed by atoms with van der Waals surface area (Å²) in [4.78, 5) is 12.3. The molecular weight excluding hydrogens is 333 g/mol. The first-order valence-electron chi connectivity index (χ1n) is 7.63. The fourth-order valence-electron chi connectivity index (χ4n) is 2.78. The molecule has 2 aromatic rings. The normalized spacial score (nSPS) is 20.2. The number of halogens is 2. The lowest BCUT2D eigenvalue weighted by molar-refractivity contribution is -0.128. The van der Waals surface area contributed by atoms with E-state index >= 15 is 0 Å². The maximum Gasteiger partial charge on any atom is 0.261 e. The number of para-hydroxylation sites is 1. The number of hydrogen-bond acceptors (Lipinski definition) is 3. The summed E-state index contributed by atoms with van der Waals surface area (Å²) < 4.78 is 19.1. The van der Waals surface area contributed by atoms with E-state index in [1.807, 2.05) is 31.2 Å². The maximum absolute atomic E-state index is 13.4. The second kappa shape index (κ2) is 6.79. The molecule has 2 N–H and O–H groups in total. The summed E-state index contributed by atoms with van der Waals surface area (Å²) in [5, 5.41) is 12.7. The van der Waals surface area contributed by atoms with E-state index in [4.69, 9.17) is 16.3 Å². The van der Waals surface area contributed by atoms with Gasteiger partial charge in [0, 0.05) is 18.0 Å². The van der Waals surface area contributed by atoms with Gasteiger partial charge in [0.1, 0.15) is 11.6 Å². The number of aliphatic hydroxyl groups excluding tert-OH is 1. The monoisotopic (exact) mass is 349 g/mol. The highest BCUT2D eigenvalue weighted by atomic mass is 35.5. The fourth-order valence-corrected chi connectivity index (χ4v) is 2.90. The van der Waals surface area contributed by atoms with Crippen LogP contribution in [-0.4, -0.2) is 23.7 Å². The first kappa shape index (κ1) is 16.7. The van der Waals surface area contributed by atoms with Crippen molar-refractivity contribution in [2.24, 2.45) is 0 Å². The summed E-state index contributed by atoms with van der Waals surface area (Å²) in [5.74, 6) is -0.299. The maximum atomic E-state index is 13.4. The van der Waals surface area contributed by atoms with Crippen LogP contribution in [0, 0.1) is 5.82 Å². The van der Waals surface area contributed by atoms with Gasteiger partial charge in [0.25, 0.3) is 5.91 Å². The molecule has 0 radical (unpaired) electrons. The van der Waals surface area contributed by atoms with E-state index in [2.05, 4.69) is 5.32 Å². The molecule has 0 aromatic heterocycles. The second-order valence-electron chi connectivity index (χ2n) is 5.80. The van der Waals surface area contributed by atoms with Crippen LogP contribution in [0.15, 0.2) is 42.5 Å². The van der Waals surface area contributed by atoms with Crippen LogP contribution in [-0.2, 0) is 4.79 Å². The van der Waals surface area contributed by atoms with Crippen LogP contribution >= 0.6 is 11.6 Å². The number of benzene rings is 2. The predicted octanol–water partition coefficient (Wildman–Crippen LogP) is 3.19. The number of carbonyl (C=O) groups is 1. The Balaban J connectivity index is 1.61. The summed E-state index contributed by atoms with van der Waals surface area (Å²) in [6.45, 7) is 1.88. The van der Waals surface area contributed by atoms with E-state index in [-0.39, 0.29) is 23.4 Å². The van der Waals surface area contributed by atoms with Gasteiger partial charge in [-0.15, -0.1) is 0 Å². The van der Waals surface area contributed by atoms with Gasteiger partial charge in [0.15, 0.2) is 6.10 Å². The Bertz CT molecular complexity index is 768. The predicted molar refractivity (Wildman–Crippen MR) is 88.7 cm³/mol. The van der Waals surface area contributed by atoms with E-state index < -0.39 is 18.0 Å². The topological polar surface area (TPSA) is 58.6 Å². The van der Waals surface area contributed by atoms with Crippen molar-refractivity contribution in [3.8, 4) is 5.75 Å². The van der Waals surface area contributed by atoms with Crippen LogP contribution in [0.5, 0.6) is 5.75 Å². The van der Waals surface area contributed by atoms with Crippen molar-refractivity contribution in [2.75, 3.05) is 6.54 Å². The van der Waals surface area contributed by atoms with Gasteiger partial charge in [-0.1, -0.05) is 42.8 Å². The lowest BCUT2D eigenvalue weighted by Gasteiger charge is -2.17. The Labute approximate surface area is 144 Å². The zero-order valence-corrected chi connectivity index (χ0v) is 13.8. The van der Waals surface area contributed by atoms with Gasteiger partial charge in [0.05, 0.1) is 11.1 Å². The minimum atomic E-state index is -1.03. The largest absolute Gasteiger partial charge is 0.480 e. The summed E-state index contributed by atoms with van der Waals surface area (Å²) in [6, 6.07) is 11.6. The van der Waals surface area contributed by atoms with E-state index in [0.717, 1.165) is 11.6 Å². The fraction of sp³-hybridized carbons (Fsp3) is 0.278. The molecule has 3 rings (SSSR count). The molecule has 0 saturated carbocycles. The number of rotatable bonds is 4. The third-order valence-corrected chi connectivity index (χ3v) is 4.48. The molecule has 1 aliphatic rings. The van der Waals surface area contributed by atoms with Gasteiger partial charge < -0.3 is 15.2 Å². The molecule has 3 atom stereocenters. The van der Waals surface area contributed by atoms with Crippen LogP contribution < -0.4 is 10.1 Å². The molecule has 1 aliphatic heterocycles. The van der Waals surface area contributed by atoms with Crippen molar-refractivity contribution in [1.29, 1.82) is 0 Å². The second-order valence-corrected chi connectivity index (χ2v) is 6.21. The van der Waals surface area contributed by atoms with Crippen molar-refractivity contribution >= 4 is 17.5 Å². The zero-order valence-electron chi connectivity index (χ0n) is 13.0. The molecule has 4 nitrogen and oxygen atoms in total. The first-order valence-corrected chi connectivity index (χ1v) is 8.01. The summed E-state index contributed by atoms with van der Waals surface area (Å²) in [6.07, 6.45) is -1.67. The minimum absolute atomic E-state index is 0.0130. The minimum Gasteiger partial charge on any atom is -0.480 e. The number of carbonyl (C=O) groups excluding carboxylic acids is 1. The van der Waals surface area contributed by atoms with Crippen molar-refractivity contribution < 1.29 is 19.0 Å². The van der Waals surface area contributed by atoms with E-state index in [9.17, 15) is 14.3 Å². The average molecular weight is 350 g/mol. The number of nitrogens with one attached hydrogen (secondary N) is 1. The SMILES string of the molecule is CC1c2ccccc2OC1C(=O)NCC(O)c1ccc(Cl)c(F)c1. The zero-order chi connectivity index (χ0) is 17.3. The van der Waals surface area contributed by atoms with Gasteiger partial charge in [-0.3, -0.25) is 4.79 Å². The molecule has 1 heterocycles. The van der Waals surface area contributed by atoms with Gasteiger partial charge in [-0.2, -0.15) is 0 Å². The Morgan fingerprint density at radius 2 is 2.12 bits per heavy atom. The van der Waals surface area contributed by atoms with Crippen LogP contribution in [0.4, 0.5) is 4.39 Å². The summed E-state index contributed by atoms with van der Waals surface area (Å²) in [7, 11) is 0. The number of amides is 1. The van der Waals surface area contributed by atoms with Gasteiger partial charge in [-0.05, 0) is 23.8 Å². The smallest absolute Gasteiger partial charge is 0.261 e. The standard InChI is InChI=1S/C18H17ClFNO3/c1-10-12-4-2-3-5-16(12)24-17(10)18(23)21-9-15(22)11-6-7-13(19)14(20)8-11/h2-8,10,15,17,22H,9H2,1H3,(H,21,23). The lowest BCUT2D eigenvalue weighted by atomic mass is 9.97. The van der Waals surface area contributed by atoms with Crippen molar-refractivity contribution in [3.63, 3.8) is 0 Å². The Kier molecular flexibility index (Phi) is 4.73.